The number of aromatic nitrogens is 1. The van der Waals surface area contributed by atoms with Gasteiger partial charge in [-0.15, -0.1) is 0 Å². The fraction of sp³-hybridized carbons (Fsp3) is 0.222. The molecule has 0 radical (unpaired) electrons. The Balaban J connectivity index is 1.90. The molecule has 2 aromatic carbocycles. The van der Waals surface area contributed by atoms with Crippen molar-refractivity contribution in [1.82, 2.24) is 4.57 Å². The average molecular weight is 300 g/mol. The van der Waals surface area contributed by atoms with E-state index in [0.29, 0.717) is 6.61 Å². The van der Waals surface area contributed by atoms with Gasteiger partial charge in [-0.25, -0.2) is 0 Å². The van der Waals surface area contributed by atoms with E-state index in [0.717, 1.165) is 33.9 Å². The predicted molar refractivity (Wildman–Crippen MR) is 88.1 cm³/mol. The Kier molecular flexibility index (Phi) is 3.89. The molecular formula is C18H18ClNO. The first-order valence-corrected chi connectivity index (χ1v) is 7.53. The average Bonchev–Trinajstić information content (AvgIpc) is 2.85. The highest BCUT2D eigenvalue weighted by molar-refractivity contribution is 6.35. The van der Waals surface area contributed by atoms with Gasteiger partial charge < -0.3 is 9.30 Å². The Morgan fingerprint density at radius 2 is 1.86 bits per heavy atom. The second-order valence-corrected chi connectivity index (χ2v) is 5.57. The summed E-state index contributed by atoms with van der Waals surface area (Å²) in [5.74, 6) is 0.889. The minimum absolute atomic E-state index is 0.544. The van der Waals surface area contributed by atoms with Gasteiger partial charge in [0.1, 0.15) is 12.4 Å². The molecule has 1 aromatic heterocycles. The highest BCUT2D eigenvalue weighted by atomic mass is 35.5. The Labute approximate surface area is 129 Å². The Hall–Kier alpha value is -1.93. The molecule has 0 bridgehead atoms. The van der Waals surface area contributed by atoms with E-state index < -0.39 is 0 Å². The molecule has 0 fully saturated rings. The van der Waals surface area contributed by atoms with Crippen LogP contribution in [0.5, 0.6) is 5.75 Å². The lowest BCUT2D eigenvalue weighted by Crippen LogP contribution is -2.04. The molecule has 3 aromatic rings. The maximum Gasteiger partial charge on any atom is 0.128 e. The monoisotopic (exact) mass is 299 g/mol. The van der Waals surface area contributed by atoms with E-state index in [2.05, 4.69) is 42.7 Å². The zero-order valence-corrected chi connectivity index (χ0v) is 13.0. The molecule has 0 unspecified atom stereocenters. The number of hydrogen-bond donors (Lipinski definition) is 0. The number of hydrogen-bond acceptors (Lipinski definition) is 1. The number of fused-ring (bicyclic) bond motifs is 1. The van der Waals surface area contributed by atoms with Crippen molar-refractivity contribution in [3.05, 3.63) is 64.8 Å². The van der Waals surface area contributed by atoms with E-state index in [1.165, 1.54) is 5.56 Å². The van der Waals surface area contributed by atoms with Crippen LogP contribution in [0, 0.1) is 6.92 Å². The first kappa shape index (κ1) is 14.0. The maximum absolute atomic E-state index is 6.33. The van der Waals surface area contributed by atoms with Crippen molar-refractivity contribution in [3.63, 3.8) is 0 Å². The number of nitrogens with zero attached hydrogens (tertiary/aromatic N) is 1. The Morgan fingerprint density at radius 1 is 1.10 bits per heavy atom. The summed E-state index contributed by atoms with van der Waals surface area (Å²) in [6.07, 6.45) is 0. The number of rotatable bonds is 4. The summed E-state index contributed by atoms with van der Waals surface area (Å²) in [6.45, 7) is 5.61. The molecule has 0 saturated heterocycles. The van der Waals surface area contributed by atoms with Crippen molar-refractivity contribution >= 4 is 22.5 Å². The summed E-state index contributed by atoms with van der Waals surface area (Å²) >= 11 is 6.33. The van der Waals surface area contributed by atoms with Crippen molar-refractivity contribution in [3.8, 4) is 5.75 Å². The number of ether oxygens (including phenoxy) is 1. The van der Waals surface area contributed by atoms with Crippen LogP contribution in [-0.4, -0.2) is 4.57 Å². The van der Waals surface area contributed by atoms with Gasteiger partial charge in [-0.3, -0.25) is 0 Å². The molecule has 108 valence electrons. The third-order valence-corrected chi connectivity index (χ3v) is 3.99. The summed E-state index contributed by atoms with van der Waals surface area (Å²) in [4.78, 5) is 0. The van der Waals surface area contributed by atoms with Crippen LogP contribution in [0.2, 0.25) is 5.02 Å². The summed E-state index contributed by atoms with van der Waals surface area (Å²) in [7, 11) is 0. The lowest BCUT2D eigenvalue weighted by molar-refractivity contribution is 0.296. The molecule has 0 saturated carbocycles. The van der Waals surface area contributed by atoms with Crippen molar-refractivity contribution in [2.45, 2.75) is 27.0 Å². The van der Waals surface area contributed by atoms with Crippen molar-refractivity contribution < 1.29 is 4.74 Å². The first-order chi connectivity index (χ1) is 10.2. The molecule has 0 aliphatic heterocycles. The van der Waals surface area contributed by atoms with Crippen LogP contribution in [0.4, 0.5) is 0 Å². The highest BCUT2D eigenvalue weighted by Gasteiger charge is 2.10. The van der Waals surface area contributed by atoms with Gasteiger partial charge in [-0.1, -0.05) is 41.4 Å². The molecule has 0 aliphatic rings. The lowest BCUT2D eigenvalue weighted by atomic mass is 10.2. The van der Waals surface area contributed by atoms with Crippen LogP contribution in [0.3, 0.4) is 0 Å². The van der Waals surface area contributed by atoms with Crippen molar-refractivity contribution in [2.24, 2.45) is 0 Å². The third kappa shape index (κ3) is 2.77. The molecule has 1 heterocycles. The van der Waals surface area contributed by atoms with Gasteiger partial charge in [-0.05, 0) is 38.1 Å². The minimum Gasteiger partial charge on any atom is -0.487 e. The van der Waals surface area contributed by atoms with Gasteiger partial charge in [0.25, 0.3) is 0 Å². The predicted octanol–water partition coefficient (Wildman–Crippen LogP) is 5.20. The van der Waals surface area contributed by atoms with Crippen LogP contribution >= 0.6 is 11.6 Å². The van der Waals surface area contributed by atoms with E-state index >= 15 is 0 Å². The maximum atomic E-state index is 6.33. The summed E-state index contributed by atoms with van der Waals surface area (Å²) in [6, 6.07) is 16.3. The van der Waals surface area contributed by atoms with E-state index in [1.807, 2.05) is 24.3 Å². The molecule has 3 heteroatoms. The number of para-hydroxylation sites is 1. The molecular weight excluding hydrogens is 282 g/mol. The molecule has 0 aliphatic carbocycles. The number of halogens is 1. The normalized spacial score (nSPS) is 11.0. The van der Waals surface area contributed by atoms with Crippen LogP contribution in [0.1, 0.15) is 18.2 Å². The topological polar surface area (TPSA) is 14.2 Å². The van der Waals surface area contributed by atoms with Crippen molar-refractivity contribution in [1.29, 1.82) is 0 Å². The lowest BCUT2D eigenvalue weighted by Gasteiger charge is -2.10. The summed E-state index contributed by atoms with van der Waals surface area (Å²) < 4.78 is 8.11. The smallest absolute Gasteiger partial charge is 0.128 e. The minimum atomic E-state index is 0.544. The van der Waals surface area contributed by atoms with E-state index in [1.54, 1.807) is 0 Å². The molecule has 0 N–H and O–H groups in total. The SMILES string of the molecule is CCn1c(COc2ccc(C)cc2)cc2cccc(Cl)c21. The third-order valence-electron chi connectivity index (χ3n) is 3.68. The van der Waals surface area contributed by atoms with E-state index in [-0.39, 0.29) is 0 Å². The molecule has 0 atom stereocenters. The van der Waals surface area contributed by atoms with Gasteiger partial charge in [0.2, 0.25) is 0 Å². The second-order valence-electron chi connectivity index (χ2n) is 5.16. The van der Waals surface area contributed by atoms with Gasteiger partial charge in [-0.2, -0.15) is 0 Å². The zero-order valence-electron chi connectivity index (χ0n) is 12.3. The largest absolute Gasteiger partial charge is 0.487 e. The quantitative estimate of drug-likeness (QED) is 0.645. The second kappa shape index (κ2) is 5.82. The van der Waals surface area contributed by atoms with Crippen molar-refractivity contribution in [2.75, 3.05) is 0 Å². The highest BCUT2D eigenvalue weighted by Crippen LogP contribution is 2.27. The molecule has 21 heavy (non-hydrogen) atoms. The van der Waals surface area contributed by atoms with Crippen LogP contribution in [-0.2, 0) is 13.2 Å². The van der Waals surface area contributed by atoms with Gasteiger partial charge in [0.15, 0.2) is 0 Å². The van der Waals surface area contributed by atoms with Crippen LogP contribution in [0.25, 0.3) is 10.9 Å². The fourth-order valence-electron chi connectivity index (χ4n) is 2.61. The van der Waals surface area contributed by atoms with E-state index in [9.17, 15) is 0 Å². The van der Waals surface area contributed by atoms with Gasteiger partial charge in [0.05, 0.1) is 16.2 Å². The molecule has 3 rings (SSSR count). The van der Waals surface area contributed by atoms with Gasteiger partial charge in [0, 0.05) is 11.9 Å². The standard InChI is InChI=1S/C18H18ClNO/c1-3-20-15(11-14-5-4-6-17(19)18(14)20)12-21-16-9-7-13(2)8-10-16/h4-11H,3,12H2,1-2H3. The Morgan fingerprint density at radius 3 is 2.57 bits per heavy atom. The van der Waals surface area contributed by atoms with Gasteiger partial charge >= 0.3 is 0 Å². The fourth-order valence-corrected chi connectivity index (χ4v) is 2.89. The molecule has 0 amide bonds. The summed E-state index contributed by atoms with van der Waals surface area (Å²) in [5, 5.41) is 1.95. The first-order valence-electron chi connectivity index (χ1n) is 7.15. The molecule has 2 nitrogen and oxygen atoms in total. The number of benzene rings is 2. The molecule has 0 spiro atoms. The summed E-state index contributed by atoms with van der Waals surface area (Å²) in [5.41, 5.74) is 3.46. The van der Waals surface area contributed by atoms with Crippen LogP contribution in [0.15, 0.2) is 48.5 Å². The Bertz CT molecular complexity index is 759. The zero-order chi connectivity index (χ0) is 14.8. The van der Waals surface area contributed by atoms with E-state index in [4.69, 9.17) is 16.3 Å². The van der Waals surface area contributed by atoms with Crippen LogP contribution < -0.4 is 4.74 Å². The number of aryl methyl sites for hydroxylation is 2.